The Morgan fingerprint density at radius 2 is 1.76 bits per heavy atom. The van der Waals surface area contributed by atoms with Crippen molar-refractivity contribution in [1.29, 1.82) is 0 Å². The van der Waals surface area contributed by atoms with Crippen molar-refractivity contribution in [2.75, 3.05) is 32.8 Å². The van der Waals surface area contributed by atoms with Gasteiger partial charge in [-0.25, -0.2) is 0 Å². The Morgan fingerprint density at radius 1 is 1.14 bits per heavy atom. The molecular weight excluding hydrogens is 264 g/mol. The topological polar surface area (TPSA) is 47.7 Å². The number of hydrogen-bond donors (Lipinski definition) is 1. The molecule has 4 heteroatoms. The van der Waals surface area contributed by atoms with Crippen molar-refractivity contribution in [2.45, 2.75) is 32.7 Å². The molecule has 0 aliphatic carbocycles. The molecule has 1 aromatic carbocycles. The monoisotopic (exact) mass is 292 g/mol. The first kappa shape index (κ1) is 16.1. The highest BCUT2D eigenvalue weighted by Crippen LogP contribution is 2.18. The van der Waals surface area contributed by atoms with Gasteiger partial charge in [0.1, 0.15) is 18.1 Å². The molecule has 0 amide bonds. The van der Waals surface area contributed by atoms with Crippen molar-refractivity contribution in [3.8, 4) is 11.5 Å². The van der Waals surface area contributed by atoms with E-state index in [1.165, 1.54) is 6.42 Å². The second-order valence-electron chi connectivity index (χ2n) is 5.90. The molecule has 0 aromatic heterocycles. The highest BCUT2D eigenvalue weighted by atomic mass is 16.5. The number of hydrogen-bond acceptors (Lipinski definition) is 4. The minimum atomic E-state index is 0.300. The summed E-state index contributed by atoms with van der Waals surface area (Å²) in [5.74, 6) is 2.44. The van der Waals surface area contributed by atoms with Gasteiger partial charge in [0.2, 0.25) is 0 Å². The molecule has 0 bridgehead atoms. The van der Waals surface area contributed by atoms with E-state index in [4.69, 9.17) is 15.2 Å². The SMILES string of the molecule is CCCOc1ccc(OCCN2CCC(C)C(N)C2)cc1. The lowest BCUT2D eigenvalue weighted by Gasteiger charge is -2.34. The first-order valence-corrected chi connectivity index (χ1v) is 8.02. The Bertz CT molecular complexity index is 408. The molecule has 2 rings (SSSR count). The summed E-state index contributed by atoms with van der Waals surface area (Å²) in [6, 6.07) is 8.16. The minimum Gasteiger partial charge on any atom is -0.494 e. The van der Waals surface area contributed by atoms with Gasteiger partial charge in [-0.2, -0.15) is 0 Å². The van der Waals surface area contributed by atoms with Gasteiger partial charge >= 0.3 is 0 Å². The van der Waals surface area contributed by atoms with Gasteiger partial charge in [-0.3, -0.25) is 4.90 Å². The van der Waals surface area contributed by atoms with Crippen LogP contribution in [0.1, 0.15) is 26.7 Å². The Hall–Kier alpha value is -1.26. The molecule has 1 aliphatic rings. The third-order valence-corrected chi connectivity index (χ3v) is 4.07. The number of ether oxygens (including phenoxy) is 2. The fraction of sp³-hybridized carbons (Fsp3) is 0.647. The van der Waals surface area contributed by atoms with Gasteiger partial charge in [-0.05, 0) is 49.6 Å². The summed E-state index contributed by atoms with van der Waals surface area (Å²) in [6.45, 7) is 8.85. The molecule has 2 unspecified atom stereocenters. The molecule has 0 radical (unpaired) electrons. The number of likely N-dealkylation sites (tertiary alicyclic amines) is 1. The van der Waals surface area contributed by atoms with Crippen molar-refractivity contribution in [3.63, 3.8) is 0 Å². The van der Waals surface area contributed by atoms with Gasteiger partial charge < -0.3 is 15.2 Å². The van der Waals surface area contributed by atoms with Crippen molar-refractivity contribution in [3.05, 3.63) is 24.3 Å². The largest absolute Gasteiger partial charge is 0.494 e. The minimum absolute atomic E-state index is 0.300. The van der Waals surface area contributed by atoms with E-state index >= 15 is 0 Å². The summed E-state index contributed by atoms with van der Waals surface area (Å²) in [4.78, 5) is 2.39. The molecule has 0 saturated carbocycles. The number of rotatable bonds is 7. The Balaban J connectivity index is 1.68. The molecule has 1 fully saturated rings. The zero-order valence-electron chi connectivity index (χ0n) is 13.3. The van der Waals surface area contributed by atoms with Crippen LogP contribution in [-0.2, 0) is 0 Å². The number of nitrogens with two attached hydrogens (primary N) is 1. The van der Waals surface area contributed by atoms with Gasteiger partial charge in [0.05, 0.1) is 6.61 Å². The van der Waals surface area contributed by atoms with Crippen LogP contribution in [0.2, 0.25) is 0 Å². The van der Waals surface area contributed by atoms with Crippen LogP contribution in [0.25, 0.3) is 0 Å². The summed E-state index contributed by atoms with van der Waals surface area (Å²) < 4.78 is 11.3. The Kier molecular flexibility index (Phi) is 6.33. The Labute approximate surface area is 128 Å². The van der Waals surface area contributed by atoms with E-state index in [0.29, 0.717) is 18.6 Å². The van der Waals surface area contributed by atoms with E-state index in [9.17, 15) is 0 Å². The number of nitrogens with zero attached hydrogens (tertiary/aromatic N) is 1. The summed E-state index contributed by atoms with van der Waals surface area (Å²) in [6.07, 6.45) is 2.21. The van der Waals surface area contributed by atoms with Crippen LogP contribution in [0.4, 0.5) is 0 Å². The molecule has 2 N–H and O–H groups in total. The van der Waals surface area contributed by atoms with Crippen molar-refractivity contribution >= 4 is 0 Å². The van der Waals surface area contributed by atoms with E-state index in [1.54, 1.807) is 0 Å². The predicted octanol–water partition coefficient (Wildman–Crippen LogP) is 2.52. The van der Waals surface area contributed by atoms with Gasteiger partial charge in [0.15, 0.2) is 0 Å². The van der Waals surface area contributed by atoms with E-state index in [-0.39, 0.29) is 0 Å². The maximum Gasteiger partial charge on any atom is 0.119 e. The molecule has 1 aromatic rings. The first-order valence-electron chi connectivity index (χ1n) is 8.02. The normalized spacial score (nSPS) is 23.0. The fourth-order valence-corrected chi connectivity index (χ4v) is 2.52. The Morgan fingerprint density at radius 3 is 2.33 bits per heavy atom. The van der Waals surface area contributed by atoms with Crippen molar-refractivity contribution in [2.24, 2.45) is 11.7 Å². The molecule has 1 heterocycles. The molecule has 21 heavy (non-hydrogen) atoms. The quantitative estimate of drug-likeness (QED) is 0.839. The molecule has 0 spiro atoms. The highest BCUT2D eigenvalue weighted by molar-refractivity contribution is 5.31. The van der Waals surface area contributed by atoms with Gasteiger partial charge in [-0.1, -0.05) is 13.8 Å². The van der Waals surface area contributed by atoms with Crippen molar-refractivity contribution in [1.82, 2.24) is 4.90 Å². The van der Waals surface area contributed by atoms with E-state index in [2.05, 4.69) is 18.7 Å². The standard InChI is InChI=1S/C17H28N2O2/c1-3-11-20-15-4-6-16(7-5-15)21-12-10-19-9-8-14(2)17(18)13-19/h4-7,14,17H,3,8-13,18H2,1-2H3. The zero-order chi connectivity index (χ0) is 15.1. The average molecular weight is 292 g/mol. The van der Waals surface area contributed by atoms with E-state index in [0.717, 1.165) is 44.2 Å². The highest BCUT2D eigenvalue weighted by Gasteiger charge is 2.22. The lowest BCUT2D eigenvalue weighted by molar-refractivity contribution is 0.143. The first-order chi connectivity index (χ1) is 10.2. The summed E-state index contributed by atoms with van der Waals surface area (Å²) in [7, 11) is 0. The number of benzene rings is 1. The molecule has 118 valence electrons. The third-order valence-electron chi connectivity index (χ3n) is 4.07. The smallest absolute Gasteiger partial charge is 0.119 e. The van der Waals surface area contributed by atoms with Crippen LogP contribution >= 0.6 is 0 Å². The molecule has 1 aliphatic heterocycles. The van der Waals surface area contributed by atoms with Gasteiger partial charge in [-0.15, -0.1) is 0 Å². The van der Waals surface area contributed by atoms with Crippen LogP contribution in [0, 0.1) is 5.92 Å². The summed E-state index contributed by atoms with van der Waals surface area (Å²) >= 11 is 0. The summed E-state index contributed by atoms with van der Waals surface area (Å²) in [5, 5.41) is 0. The lowest BCUT2D eigenvalue weighted by atomic mass is 9.94. The second kappa shape index (κ2) is 8.25. The number of piperidine rings is 1. The van der Waals surface area contributed by atoms with Crippen LogP contribution < -0.4 is 15.2 Å². The van der Waals surface area contributed by atoms with Crippen LogP contribution in [0.5, 0.6) is 11.5 Å². The van der Waals surface area contributed by atoms with Crippen LogP contribution in [-0.4, -0.2) is 43.8 Å². The van der Waals surface area contributed by atoms with Gasteiger partial charge in [0, 0.05) is 19.1 Å². The molecule has 2 atom stereocenters. The van der Waals surface area contributed by atoms with Crippen LogP contribution in [0.15, 0.2) is 24.3 Å². The summed E-state index contributed by atoms with van der Waals surface area (Å²) in [5.41, 5.74) is 6.11. The van der Waals surface area contributed by atoms with E-state index < -0.39 is 0 Å². The maximum atomic E-state index is 6.11. The molecule has 4 nitrogen and oxygen atoms in total. The average Bonchev–Trinajstić information content (AvgIpc) is 2.50. The van der Waals surface area contributed by atoms with Gasteiger partial charge in [0.25, 0.3) is 0 Å². The maximum absolute atomic E-state index is 6.11. The second-order valence-corrected chi connectivity index (χ2v) is 5.90. The molecular formula is C17H28N2O2. The van der Waals surface area contributed by atoms with Crippen LogP contribution in [0.3, 0.4) is 0 Å². The fourth-order valence-electron chi connectivity index (χ4n) is 2.52. The lowest BCUT2D eigenvalue weighted by Crippen LogP contribution is -2.48. The van der Waals surface area contributed by atoms with Crippen molar-refractivity contribution < 1.29 is 9.47 Å². The molecule has 1 saturated heterocycles. The van der Waals surface area contributed by atoms with E-state index in [1.807, 2.05) is 24.3 Å². The predicted molar refractivity (Wildman–Crippen MR) is 85.9 cm³/mol. The third kappa shape index (κ3) is 5.21. The zero-order valence-corrected chi connectivity index (χ0v) is 13.3.